The number of hydrogen-bond acceptors (Lipinski definition) is 12. The molecule has 6 heterocycles. The monoisotopic (exact) mass is 1960 g/mol. The zero-order valence-corrected chi connectivity index (χ0v) is 68.0. The zero-order chi connectivity index (χ0) is 74.4. The first-order chi connectivity index (χ1) is 50.7. The van der Waals surface area contributed by atoms with Crippen LogP contribution in [0.5, 0.6) is 0 Å². The number of benzene rings is 9. The molecule has 0 atom stereocenters. The number of ketones is 3. The molecule has 15 rings (SSSR count). The molecule has 0 amide bonds. The van der Waals surface area contributed by atoms with Crippen LogP contribution in [-0.2, 0) is 74.7 Å². The van der Waals surface area contributed by atoms with Crippen LogP contribution >= 0.6 is 0 Å². The van der Waals surface area contributed by atoms with Crippen molar-refractivity contribution in [3.05, 3.63) is 344 Å². The summed E-state index contributed by atoms with van der Waals surface area (Å²) >= 11 is 0. The Balaban J connectivity index is 0.000000196. The van der Waals surface area contributed by atoms with Gasteiger partial charge in [-0.1, -0.05) is 169 Å². The predicted octanol–water partition coefficient (Wildman–Crippen LogP) is 23.9. The van der Waals surface area contributed by atoms with Crippen molar-refractivity contribution < 1.29 is 103 Å². The molecule has 15 aromatic rings. The molecule has 3 radical (unpaired) electrons. The first kappa shape index (κ1) is 83.9. The number of fused-ring (bicyclic) bond motifs is 3. The number of carbonyl (C=O) groups is 3. The Morgan fingerprint density at radius 3 is 0.907 bits per heavy atom. The van der Waals surface area contributed by atoms with Gasteiger partial charge in [-0.3, -0.25) is 14.4 Å². The van der Waals surface area contributed by atoms with Crippen LogP contribution in [0.4, 0.5) is 0 Å². The number of hydrogen-bond donors (Lipinski definition) is 3. The molecule has 108 heavy (non-hydrogen) atoms. The van der Waals surface area contributed by atoms with Crippen molar-refractivity contribution in [3.8, 4) is 101 Å². The van der Waals surface area contributed by atoms with Crippen LogP contribution in [0.3, 0.4) is 0 Å². The number of allylic oxidation sites excluding steroid dienone is 6. The maximum atomic E-state index is 10.0. The summed E-state index contributed by atoms with van der Waals surface area (Å²) in [4.78, 5) is 44.0. The molecule has 0 unspecified atom stereocenters. The Hall–Kier alpha value is -11.4. The SMILES string of the molecule is CC(=O)C=C(C)O.CC(=O)C=C(C)O.CC(=O)C=C(C)O.Cc1ccc(-c2cc3cnc(-c4[c-]ccc(-c5ccccc5)c4)cc3o2)cc1.Cc1cccc(C)c1-c1cc2cnc(-c3[c-]ccc(-c4ccccc4)c3)cc2o1.[Ir].[Ir].[Ir].[c-]1ccc(-c2ccccc2)cc1-c1cc2oc(-c3ccccc3)cc2cn1. The fourth-order valence-corrected chi connectivity index (χ4v) is 11.3. The maximum Gasteiger partial charge on any atom is 0.155 e. The molecule has 0 spiro atoms. The van der Waals surface area contributed by atoms with Crippen LogP contribution < -0.4 is 0 Å². The maximum absolute atomic E-state index is 10.0. The molecule has 0 aliphatic rings. The number of aromatic nitrogens is 3. The van der Waals surface area contributed by atoms with E-state index in [4.69, 9.17) is 28.6 Å². The number of pyridine rings is 3. The largest absolute Gasteiger partial charge is 0.512 e. The van der Waals surface area contributed by atoms with E-state index in [1.807, 2.05) is 152 Å². The Morgan fingerprint density at radius 1 is 0.324 bits per heavy atom. The summed E-state index contributed by atoms with van der Waals surface area (Å²) in [6, 6.07) is 96.2. The van der Waals surface area contributed by atoms with E-state index in [2.05, 4.69) is 175 Å². The molecule has 6 aromatic heterocycles. The topological polar surface area (TPSA) is 190 Å². The Labute approximate surface area is 670 Å². The molecule has 15 heteroatoms. The number of rotatable bonds is 12. The fourth-order valence-electron chi connectivity index (χ4n) is 11.3. The van der Waals surface area contributed by atoms with Gasteiger partial charge in [0, 0.05) is 130 Å². The van der Waals surface area contributed by atoms with Crippen LogP contribution in [-0.4, -0.2) is 47.6 Å². The van der Waals surface area contributed by atoms with Gasteiger partial charge in [0.1, 0.15) is 34.0 Å². The first-order valence-corrected chi connectivity index (χ1v) is 33.9. The van der Waals surface area contributed by atoms with E-state index in [0.29, 0.717) is 0 Å². The number of nitrogens with zero attached hydrogens (tertiary/aromatic N) is 3. The second-order valence-corrected chi connectivity index (χ2v) is 24.9. The Kier molecular flexibility index (Phi) is 31.8. The summed E-state index contributed by atoms with van der Waals surface area (Å²) in [6.07, 6.45) is 9.12. The molecule has 12 nitrogen and oxygen atoms in total. The summed E-state index contributed by atoms with van der Waals surface area (Å²) in [5.41, 5.74) is 21.9. The number of carbonyl (C=O) groups excluding carboxylic acids is 3. The summed E-state index contributed by atoms with van der Waals surface area (Å²) in [5.74, 6) is 2.41. The third-order valence-electron chi connectivity index (χ3n) is 16.1. The van der Waals surface area contributed by atoms with E-state index < -0.39 is 0 Å². The number of aliphatic hydroxyl groups excluding tert-OH is 3. The minimum absolute atomic E-state index is 0. The Bertz CT molecular complexity index is 5480. The van der Waals surface area contributed by atoms with Crippen molar-refractivity contribution in [2.75, 3.05) is 0 Å². The Morgan fingerprint density at radius 2 is 0.611 bits per heavy atom. The van der Waals surface area contributed by atoms with Gasteiger partial charge in [0.25, 0.3) is 0 Å². The smallest absolute Gasteiger partial charge is 0.155 e. The first-order valence-electron chi connectivity index (χ1n) is 33.9. The molecule has 3 N–H and O–H groups in total. The van der Waals surface area contributed by atoms with Crippen LogP contribution in [0.2, 0.25) is 0 Å². The summed E-state index contributed by atoms with van der Waals surface area (Å²) in [7, 11) is 0. The number of aliphatic hydroxyl groups is 3. The minimum Gasteiger partial charge on any atom is -0.512 e. The standard InChI is InChI=1S/C27H20NO.C26H18NO.C25H16NO.3C5H8O2.3Ir/c1-18-8-6-9-19(2)27(18)26-15-23-17-28-24(16-25(23)29-26)22-13-7-12-21(14-22)20-10-4-3-5-11-20;1-18-10-12-20(13-11-18)25-15-23-17-27-24(16-26(23)28-25)22-9-5-8-21(14-22)19-6-3-2-4-7-19;1-3-8-18(9-4-1)20-12-7-13-21(14-20)23-16-25-22(17-26-23)15-24(27-25)19-10-5-2-6-11-19;3*1-4(6)3-5(2)7;;;/h3-12,14-17H,1-2H3;2-8,10-17H,1H3;1-12,14-17H;3*3,6H,1-2H3;;;/q3*-1;;;;;;. The molecular weight excluding hydrogens is 1880 g/mol. The van der Waals surface area contributed by atoms with Gasteiger partial charge in [-0.05, 0) is 144 Å². The van der Waals surface area contributed by atoms with E-state index in [9.17, 15) is 14.4 Å². The summed E-state index contributed by atoms with van der Waals surface area (Å²) in [6.45, 7) is 14.9. The average molecular weight is 1960 g/mol. The van der Waals surface area contributed by atoms with E-state index in [1.54, 1.807) is 0 Å². The van der Waals surface area contributed by atoms with Crippen molar-refractivity contribution in [3.63, 3.8) is 0 Å². The van der Waals surface area contributed by atoms with E-state index in [-0.39, 0.29) is 94.9 Å². The number of furan rings is 3. The normalized spacial score (nSPS) is 10.8. The molecule has 549 valence electrons. The van der Waals surface area contributed by atoms with E-state index >= 15 is 0 Å². The van der Waals surface area contributed by atoms with E-state index in [1.165, 1.54) is 93.2 Å². The van der Waals surface area contributed by atoms with Crippen LogP contribution in [0, 0.1) is 39.0 Å². The molecule has 0 aliphatic heterocycles. The van der Waals surface area contributed by atoms with Gasteiger partial charge in [0.15, 0.2) is 17.3 Å². The summed E-state index contributed by atoms with van der Waals surface area (Å²) < 4.78 is 18.4. The van der Waals surface area contributed by atoms with Gasteiger partial charge in [0.2, 0.25) is 0 Å². The second-order valence-electron chi connectivity index (χ2n) is 24.9. The fraction of sp³-hybridized carbons (Fsp3) is 0.0968. The van der Waals surface area contributed by atoms with Crippen molar-refractivity contribution >= 4 is 50.3 Å². The van der Waals surface area contributed by atoms with Crippen molar-refractivity contribution in [1.29, 1.82) is 0 Å². The molecule has 0 bridgehead atoms. The van der Waals surface area contributed by atoms with Crippen molar-refractivity contribution in [1.82, 2.24) is 15.0 Å². The van der Waals surface area contributed by atoms with Crippen LogP contribution in [0.25, 0.3) is 134 Å². The third kappa shape index (κ3) is 24.1. The molecule has 9 aromatic carbocycles. The van der Waals surface area contributed by atoms with Gasteiger partial charge in [-0.2, -0.15) is 0 Å². The van der Waals surface area contributed by atoms with Gasteiger partial charge in [-0.25, -0.2) is 0 Å². The van der Waals surface area contributed by atoms with E-state index in [0.717, 1.165) is 117 Å². The third-order valence-corrected chi connectivity index (χ3v) is 16.1. The quantitative estimate of drug-likeness (QED) is 0.0597. The van der Waals surface area contributed by atoms with Gasteiger partial charge in [-0.15, -0.1) is 106 Å². The predicted molar refractivity (Wildman–Crippen MR) is 423 cm³/mol. The molecule has 0 aliphatic carbocycles. The van der Waals surface area contributed by atoms with Crippen LogP contribution in [0.15, 0.2) is 322 Å². The zero-order valence-electron chi connectivity index (χ0n) is 60.8. The number of aryl methyl sites for hydroxylation is 3. The van der Waals surface area contributed by atoms with Crippen molar-refractivity contribution in [2.45, 2.75) is 62.3 Å². The molecule has 0 saturated carbocycles. The second kappa shape index (κ2) is 40.9. The summed E-state index contributed by atoms with van der Waals surface area (Å²) in [5, 5.41) is 28.1. The minimum atomic E-state index is -0.125. The molecule has 0 fully saturated rings. The molecule has 0 saturated heterocycles. The van der Waals surface area contributed by atoms with Crippen LogP contribution in [0.1, 0.15) is 58.2 Å². The van der Waals surface area contributed by atoms with Gasteiger partial charge in [0.05, 0.1) is 17.3 Å². The van der Waals surface area contributed by atoms with Crippen molar-refractivity contribution in [2.24, 2.45) is 0 Å². The van der Waals surface area contributed by atoms with Gasteiger partial charge < -0.3 is 43.5 Å². The van der Waals surface area contributed by atoms with Gasteiger partial charge >= 0.3 is 0 Å². The average Bonchev–Trinajstić information content (AvgIpc) is 1.64. The molecular formula is C93H78Ir3N3O9-3.